The highest BCUT2D eigenvalue weighted by Crippen LogP contribution is 2.16. The van der Waals surface area contributed by atoms with Crippen LogP contribution in [0.25, 0.3) is 0 Å². The number of benzene rings is 2. The van der Waals surface area contributed by atoms with Crippen molar-refractivity contribution in [1.29, 1.82) is 0 Å². The van der Waals surface area contributed by atoms with E-state index >= 15 is 0 Å². The van der Waals surface area contributed by atoms with Crippen molar-refractivity contribution in [1.82, 2.24) is 25.4 Å². The van der Waals surface area contributed by atoms with Gasteiger partial charge in [0.1, 0.15) is 17.7 Å². The number of H-pyrrole nitrogens is 1. The molecule has 3 aromatic rings. The first-order valence-corrected chi connectivity index (χ1v) is 10.6. The van der Waals surface area contributed by atoms with Crippen LogP contribution in [0.15, 0.2) is 54.6 Å². The normalized spacial score (nSPS) is 15.5. The molecule has 0 saturated carbocycles. The summed E-state index contributed by atoms with van der Waals surface area (Å²) in [6.07, 6.45) is 1.56. The van der Waals surface area contributed by atoms with Crippen LogP contribution < -0.4 is 10.6 Å². The number of anilines is 1. The van der Waals surface area contributed by atoms with Gasteiger partial charge in [-0.3, -0.25) is 24.9 Å². The van der Waals surface area contributed by atoms with Gasteiger partial charge in [0.25, 0.3) is 5.91 Å². The largest absolute Gasteiger partial charge is 0.326 e. The van der Waals surface area contributed by atoms with Crippen molar-refractivity contribution in [3.8, 4) is 0 Å². The number of urea groups is 1. The van der Waals surface area contributed by atoms with Crippen LogP contribution in [0.4, 0.5) is 15.1 Å². The van der Waals surface area contributed by atoms with Crippen LogP contribution in [-0.2, 0) is 29.0 Å². The topological polar surface area (TPSA) is 120 Å². The molecule has 4 rings (SSSR count). The first-order chi connectivity index (χ1) is 16.0. The lowest BCUT2D eigenvalue weighted by Gasteiger charge is -2.13. The number of carbonyl (C=O) groups excluding carboxylic acids is 3. The maximum atomic E-state index is 13.4. The summed E-state index contributed by atoms with van der Waals surface area (Å²) in [6, 6.07) is 14.3. The second kappa shape index (κ2) is 10.0. The molecule has 2 aromatic carbocycles. The number of nitrogens with one attached hydrogen (secondary N) is 3. The molecule has 4 amide bonds. The molecule has 170 valence electrons. The van der Waals surface area contributed by atoms with Crippen LogP contribution in [0.5, 0.6) is 0 Å². The summed E-state index contributed by atoms with van der Waals surface area (Å²) >= 11 is 0. The van der Waals surface area contributed by atoms with E-state index in [1.165, 1.54) is 23.8 Å². The van der Waals surface area contributed by atoms with Gasteiger partial charge in [0.05, 0.1) is 6.54 Å². The van der Waals surface area contributed by atoms with E-state index in [9.17, 15) is 18.8 Å². The molecule has 1 aromatic heterocycles. The van der Waals surface area contributed by atoms with Crippen molar-refractivity contribution in [2.24, 2.45) is 0 Å². The maximum absolute atomic E-state index is 13.4. The van der Waals surface area contributed by atoms with Crippen LogP contribution in [0, 0.1) is 5.82 Å². The van der Waals surface area contributed by atoms with E-state index < -0.39 is 23.8 Å². The van der Waals surface area contributed by atoms with Crippen LogP contribution in [0.3, 0.4) is 0 Å². The Morgan fingerprint density at radius 1 is 1.06 bits per heavy atom. The highest BCUT2D eigenvalue weighted by molar-refractivity contribution is 6.04. The highest BCUT2D eigenvalue weighted by Gasteiger charge is 2.37. The van der Waals surface area contributed by atoms with Crippen LogP contribution >= 0.6 is 0 Å². The Bertz CT molecular complexity index is 1150. The van der Waals surface area contributed by atoms with E-state index in [1.807, 2.05) is 30.3 Å². The van der Waals surface area contributed by atoms with E-state index in [0.29, 0.717) is 17.8 Å². The third-order valence-electron chi connectivity index (χ3n) is 5.27. The van der Waals surface area contributed by atoms with Crippen molar-refractivity contribution in [3.05, 3.63) is 77.4 Å². The van der Waals surface area contributed by atoms with Gasteiger partial charge in [0, 0.05) is 12.8 Å². The van der Waals surface area contributed by atoms with Gasteiger partial charge in [-0.2, -0.15) is 4.98 Å². The predicted molar refractivity (Wildman–Crippen MR) is 117 cm³/mol. The van der Waals surface area contributed by atoms with E-state index in [0.717, 1.165) is 11.3 Å². The zero-order valence-corrected chi connectivity index (χ0v) is 17.8. The standard InChI is InChI=1S/C23H23FN6O3/c24-17-8-4-7-16(13-17)14-30-21(32)18(25-23(30)33)10-12-20(31)27-22-26-19(28-29-22)11-9-15-5-2-1-3-6-15/h1-8,13,18H,9-12,14H2,(H,25,33)(H2,26,27,28,29,31). The summed E-state index contributed by atoms with van der Waals surface area (Å²) in [4.78, 5) is 42.3. The van der Waals surface area contributed by atoms with Crippen LogP contribution in [-0.4, -0.2) is 44.0 Å². The Balaban J connectivity index is 1.24. The monoisotopic (exact) mass is 450 g/mol. The molecule has 1 unspecified atom stereocenters. The molecule has 3 N–H and O–H groups in total. The first-order valence-electron chi connectivity index (χ1n) is 10.6. The number of rotatable bonds is 9. The predicted octanol–water partition coefficient (Wildman–Crippen LogP) is 2.57. The fourth-order valence-corrected chi connectivity index (χ4v) is 3.57. The molecule has 0 radical (unpaired) electrons. The summed E-state index contributed by atoms with van der Waals surface area (Å²) in [5.41, 5.74) is 1.68. The fourth-order valence-electron chi connectivity index (χ4n) is 3.57. The number of aromatic nitrogens is 3. The van der Waals surface area contributed by atoms with Crippen molar-refractivity contribution < 1.29 is 18.8 Å². The van der Waals surface area contributed by atoms with E-state index in [4.69, 9.17) is 0 Å². The van der Waals surface area contributed by atoms with Gasteiger partial charge in [-0.1, -0.05) is 42.5 Å². The average Bonchev–Trinajstić information content (AvgIpc) is 3.36. The van der Waals surface area contributed by atoms with E-state index in [2.05, 4.69) is 25.8 Å². The van der Waals surface area contributed by atoms with E-state index in [1.54, 1.807) is 6.07 Å². The van der Waals surface area contributed by atoms with Crippen molar-refractivity contribution in [3.63, 3.8) is 0 Å². The van der Waals surface area contributed by atoms with Gasteiger partial charge >= 0.3 is 6.03 Å². The molecule has 1 aliphatic rings. The lowest BCUT2D eigenvalue weighted by Crippen LogP contribution is -2.31. The molecule has 0 spiro atoms. The van der Waals surface area contributed by atoms with Crippen molar-refractivity contribution >= 4 is 23.8 Å². The zero-order chi connectivity index (χ0) is 23.2. The van der Waals surface area contributed by atoms with E-state index in [-0.39, 0.29) is 31.2 Å². The van der Waals surface area contributed by atoms with Gasteiger partial charge < -0.3 is 5.32 Å². The number of nitrogens with zero attached hydrogens (tertiary/aromatic N) is 3. The minimum Gasteiger partial charge on any atom is -0.326 e. The number of halogens is 1. The Hall–Kier alpha value is -4.08. The van der Waals surface area contributed by atoms with Crippen LogP contribution in [0.2, 0.25) is 0 Å². The molecule has 9 nitrogen and oxygen atoms in total. The molecule has 10 heteroatoms. The van der Waals surface area contributed by atoms with Gasteiger partial charge in [-0.15, -0.1) is 5.10 Å². The second-order valence-corrected chi connectivity index (χ2v) is 7.73. The number of aryl methyl sites for hydroxylation is 2. The van der Waals surface area contributed by atoms with Gasteiger partial charge in [-0.05, 0) is 36.1 Å². The molecule has 1 aliphatic heterocycles. The molecule has 1 saturated heterocycles. The first kappa shape index (κ1) is 22.1. The quantitative estimate of drug-likeness (QED) is 0.433. The number of hydrogen-bond donors (Lipinski definition) is 3. The molecule has 1 fully saturated rings. The van der Waals surface area contributed by atoms with Gasteiger partial charge in [0.2, 0.25) is 11.9 Å². The summed E-state index contributed by atoms with van der Waals surface area (Å²) in [5, 5.41) is 12.0. The molecular weight excluding hydrogens is 427 g/mol. The van der Waals surface area contributed by atoms with Crippen LogP contribution in [0.1, 0.15) is 29.8 Å². The molecule has 0 bridgehead atoms. The molecule has 2 heterocycles. The summed E-state index contributed by atoms with van der Waals surface area (Å²) in [5.74, 6) is -0.437. The second-order valence-electron chi connectivity index (χ2n) is 7.73. The van der Waals surface area contributed by atoms with Gasteiger partial charge in [0.15, 0.2) is 0 Å². The average molecular weight is 450 g/mol. The van der Waals surface area contributed by atoms with Crippen molar-refractivity contribution in [2.75, 3.05) is 5.32 Å². The lowest BCUT2D eigenvalue weighted by atomic mass is 10.1. The Labute approximate surface area is 189 Å². The minimum absolute atomic E-state index is 0.00161. The highest BCUT2D eigenvalue weighted by atomic mass is 19.1. The number of hydrogen-bond acceptors (Lipinski definition) is 5. The smallest absolute Gasteiger partial charge is 0.325 e. The number of aromatic amines is 1. The Morgan fingerprint density at radius 3 is 2.64 bits per heavy atom. The molecule has 1 atom stereocenters. The molecular formula is C23H23FN6O3. The summed E-state index contributed by atoms with van der Waals surface area (Å²) < 4.78 is 13.4. The summed E-state index contributed by atoms with van der Waals surface area (Å²) in [6.45, 7) is -0.0337. The number of amides is 4. The fraction of sp³-hybridized carbons (Fsp3) is 0.261. The SMILES string of the molecule is O=C(CCC1NC(=O)N(Cc2cccc(F)c2)C1=O)Nc1n[nH]c(CCc2ccccc2)n1. The lowest BCUT2D eigenvalue weighted by molar-refractivity contribution is -0.128. The van der Waals surface area contributed by atoms with Crippen molar-refractivity contribution in [2.45, 2.75) is 38.3 Å². The molecule has 33 heavy (non-hydrogen) atoms. The minimum atomic E-state index is -0.814. The number of carbonyl (C=O) groups is 3. The zero-order valence-electron chi connectivity index (χ0n) is 17.8. The number of imide groups is 1. The van der Waals surface area contributed by atoms with Gasteiger partial charge in [-0.25, -0.2) is 9.18 Å². The third kappa shape index (κ3) is 5.79. The molecule has 0 aliphatic carbocycles. The summed E-state index contributed by atoms with van der Waals surface area (Å²) in [7, 11) is 0. The third-order valence-corrected chi connectivity index (χ3v) is 5.27. The maximum Gasteiger partial charge on any atom is 0.325 e. The Morgan fingerprint density at radius 2 is 1.85 bits per heavy atom. The Kier molecular flexibility index (Phi) is 6.72.